The molecule has 0 unspecified atom stereocenters. The van der Waals surface area contributed by atoms with Crippen LogP contribution in [0.3, 0.4) is 0 Å². The average Bonchev–Trinajstić information content (AvgIpc) is 2.46. The fourth-order valence-electron chi connectivity index (χ4n) is 2.03. The summed E-state index contributed by atoms with van der Waals surface area (Å²) in [5.41, 5.74) is 1.18. The molecule has 0 aromatic heterocycles. The van der Waals surface area contributed by atoms with Crippen molar-refractivity contribution in [1.29, 1.82) is 0 Å². The molecule has 0 saturated heterocycles. The quantitative estimate of drug-likeness (QED) is 0.429. The summed E-state index contributed by atoms with van der Waals surface area (Å²) < 4.78 is 16.0. The molecule has 0 saturated carbocycles. The second kappa shape index (κ2) is 10.8. The van der Waals surface area contributed by atoms with Crippen molar-refractivity contribution >= 4 is 17.2 Å². The van der Waals surface area contributed by atoms with Crippen molar-refractivity contribution in [2.75, 3.05) is 0 Å². The molecule has 1 aromatic carbocycles. The monoisotopic (exact) mass is 293 g/mol. The van der Waals surface area contributed by atoms with Crippen molar-refractivity contribution in [3.05, 3.63) is 29.8 Å². The Kier molecular flexibility index (Phi) is 9.22. The Bertz CT molecular complexity index is 412. The largest absolute Gasteiger partial charge is 0.230 e. The molecule has 0 heterocycles. The first-order valence-electron chi connectivity index (χ1n) is 7.75. The normalized spacial score (nSPS) is 12.9. The highest BCUT2D eigenvalue weighted by Crippen LogP contribution is 2.10. The van der Waals surface area contributed by atoms with Crippen LogP contribution in [0.2, 0.25) is 0 Å². The molecular weight excluding hydrogens is 266 g/mol. The van der Waals surface area contributed by atoms with Gasteiger partial charge in [0, 0.05) is 6.21 Å². The molecule has 0 aliphatic carbocycles. The summed E-state index contributed by atoms with van der Waals surface area (Å²) in [6, 6.07) is 7.71. The Labute approximate surface area is 126 Å². The molecule has 1 aromatic rings. The van der Waals surface area contributed by atoms with Gasteiger partial charge in [0.05, 0.1) is 4.90 Å². The van der Waals surface area contributed by atoms with Crippen LogP contribution in [0.5, 0.6) is 0 Å². The van der Waals surface area contributed by atoms with E-state index >= 15 is 0 Å². The minimum Gasteiger partial charge on any atom is -0.230 e. The first-order valence-corrected chi connectivity index (χ1v) is 8.86. The summed E-state index contributed by atoms with van der Waals surface area (Å²) in [4.78, 5) is 0.784. The van der Waals surface area contributed by atoms with Gasteiger partial charge < -0.3 is 0 Å². The van der Waals surface area contributed by atoms with Gasteiger partial charge in [-0.3, -0.25) is 0 Å². The van der Waals surface area contributed by atoms with Crippen LogP contribution in [0.25, 0.3) is 0 Å². The Morgan fingerprint density at radius 1 is 1.00 bits per heavy atom. The second-order valence-corrected chi connectivity index (χ2v) is 6.44. The summed E-state index contributed by atoms with van der Waals surface area (Å²) in [6.07, 6.45) is 11.9. The molecule has 0 radical (unpaired) electrons. The van der Waals surface area contributed by atoms with E-state index in [0.29, 0.717) is 0 Å². The van der Waals surface area contributed by atoms with Crippen molar-refractivity contribution in [2.45, 2.75) is 70.1 Å². The third-order valence-corrected chi connectivity index (χ3v) is 4.35. The number of unbranched alkanes of at least 4 members (excludes halogenated alkanes) is 7. The van der Waals surface area contributed by atoms with Crippen molar-refractivity contribution in [1.82, 2.24) is 0 Å². The highest BCUT2D eigenvalue weighted by atomic mass is 32.2. The van der Waals surface area contributed by atoms with Gasteiger partial charge in [-0.2, -0.15) is 4.40 Å². The first kappa shape index (κ1) is 17.1. The van der Waals surface area contributed by atoms with Crippen molar-refractivity contribution < 1.29 is 4.21 Å². The van der Waals surface area contributed by atoms with Crippen LogP contribution in [0.15, 0.2) is 33.6 Å². The van der Waals surface area contributed by atoms with Gasteiger partial charge in [0.25, 0.3) is 0 Å². The lowest BCUT2D eigenvalue weighted by molar-refractivity contribution is 0.596. The Balaban J connectivity index is 2.12. The van der Waals surface area contributed by atoms with Gasteiger partial charge in [0.2, 0.25) is 0 Å². The molecule has 0 spiro atoms. The van der Waals surface area contributed by atoms with E-state index in [4.69, 9.17) is 0 Å². The molecule has 1 rings (SSSR count). The van der Waals surface area contributed by atoms with E-state index in [1.54, 1.807) is 0 Å². The summed E-state index contributed by atoms with van der Waals surface area (Å²) in [5.74, 6) is 0. The van der Waals surface area contributed by atoms with Gasteiger partial charge in [-0.1, -0.05) is 63.1 Å². The molecule has 0 N–H and O–H groups in total. The zero-order chi connectivity index (χ0) is 14.6. The van der Waals surface area contributed by atoms with Crippen LogP contribution in [-0.2, 0) is 11.0 Å². The first-order chi connectivity index (χ1) is 9.74. The Hall–Kier alpha value is -0.960. The number of rotatable bonds is 10. The SMILES string of the molecule is CCCCCCCCC/C=N/[S@](=O)c1ccc(C)cc1. The molecular formula is C17H27NOS. The predicted molar refractivity (Wildman–Crippen MR) is 88.7 cm³/mol. The van der Waals surface area contributed by atoms with E-state index in [0.717, 1.165) is 17.7 Å². The topological polar surface area (TPSA) is 29.4 Å². The summed E-state index contributed by atoms with van der Waals surface area (Å²) in [7, 11) is -1.23. The highest BCUT2D eigenvalue weighted by molar-refractivity contribution is 7.83. The summed E-state index contributed by atoms with van der Waals surface area (Å²) >= 11 is 0. The lowest BCUT2D eigenvalue weighted by Gasteiger charge is -1.99. The highest BCUT2D eigenvalue weighted by Gasteiger charge is 1.99. The zero-order valence-electron chi connectivity index (χ0n) is 12.8. The number of hydrogen-bond donors (Lipinski definition) is 0. The maximum atomic E-state index is 11.9. The summed E-state index contributed by atoms with van der Waals surface area (Å²) in [6.45, 7) is 4.26. The molecule has 0 amide bonds. The molecule has 0 aliphatic heterocycles. The second-order valence-electron chi connectivity index (χ2n) is 5.26. The number of aryl methyl sites for hydroxylation is 1. The van der Waals surface area contributed by atoms with E-state index in [1.807, 2.05) is 37.4 Å². The number of nitrogens with zero attached hydrogens (tertiary/aromatic N) is 1. The van der Waals surface area contributed by atoms with E-state index in [1.165, 1.54) is 44.1 Å². The van der Waals surface area contributed by atoms with Gasteiger partial charge in [0.15, 0.2) is 11.0 Å². The molecule has 3 heteroatoms. The molecule has 1 atom stereocenters. The van der Waals surface area contributed by atoms with Crippen LogP contribution < -0.4 is 0 Å². The van der Waals surface area contributed by atoms with Crippen LogP contribution >= 0.6 is 0 Å². The maximum Gasteiger partial charge on any atom is 0.172 e. The van der Waals surface area contributed by atoms with Gasteiger partial charge in [-0.25, -0.2) is 4.21 Å². The lowest BCUT2D eigenvalue weighted by Crippen LogP contribution is -1.88. The molecule has 0 aliphatic rings. The van der Waals surface area contributed by atoms with E-state index in [-0.39, 0.29) is 0 Å². The smallest absolute Gasteiger partial charge is 0.172 e. The Morgan fingerprint density at radius 3 is 2.25 bits per heavy atom. The lowest BCUT2D eigenvalue weighted by atomic mass is 10.1. The van der Waals surface area contributed by atoms with Gasteiger partial charge in [0.1, 0.15) is 0 Å². The minimum atomic E-state index is -1.23. The minimum absolute atomic E-state index is 0.784. The van der Waals surface area contributed by atoms with Crippen molar-refractivity contribution in [3.8, 4) is 0 Å². The molecule has 112 valence electrons. The maximum absolute atomic E-state index is 11.9. The van der Waals surface area contributed by atoms with E-state index < -0.39 is 11.0 Å². The van der Waals surface area contributed by atoms with Crippen LogP contribution in [0, 0.1) is 6.92 Å². The molecule has 0 fully saturated rings. The third-order valence-electron chi connectivity index (χ3n) is 3.33. The van der Waals surface area contributed by atoms with Gasteiger partial charge in [-0.15, -0.1) is 0 Å². The standard InChI is InChI=1S/C17H27NOS/c1-3-4-5-6-7-8-9-10-15-18-20(19)17-13-11-16(2)12-14-17/h11-15H,3-10H2,1-2H3/b18-15+/t20-/m1/s1. The van der Waals surface area contributed by atoms with Gasteiger partial charge >= 0.3 is 0 Å². The van der Waals surface area contributed by atoms with Crippen molar-refractivity contribution in [2.24, 2.45) is 4.40 Å². The van der Waals surface area contributed by atoms with Crippen LogP contribution in [0.1, 0.15) is 63.9 Å². The third kappa shape index (κ3) is 7.59. The Morgan fingerprint density at radius 2 is 1.60 bits per heavy atom. The van der Waals surface area contributed by atoms with Gasteiger partial charge in [-0.05, 0) is 31.9 Å². The molecule has 20 heavy (non-hydrogen) atoms. The molecule has 0 bridgehead atoms. The number of hydrogen-bond acceptors (Lipinski definition) is 1. The van der Waals surface area contributed by atoms with Crippen LogP contribution in [-0.4, -0.2) is 10.4 Å². The van der Waals surface area contributed by atoms with Crippen molar-refractivity contribution in [3.63, 3.8) is 0 Å². The predicted octanol–water partition coefficient (Wildman–Crippen LogP) is 5.23. The fraction of sp³-hybridized carbons (Fsp3) is 0.588. The van der Waals surface area contributed by atoms with E-state index in [9.17, 15) is 4.21 Å². The fourth-order valence-corrected chi connectivity index (χ4v) is 2.76. The zero-order valence-corrected chi connectivity index (χ0v) is 13.6. The van der Waals surface area contributed by atoms with E-state index in [2.05, 4.69) is 11.3 Å². The number of benzene rings is 1. The molecule has 2 nitrogen and oxygen atoms in total. The summed E-state index contributed by atoms with van der Waals surface area (Å²) in [5, 5.41) is 0. The average molecular weight is 293 g/mol. The van der Waals surface area contributed by atoms with Crippen LogP contribution in [0.4, 0.5) is 0 Å².